The molecule has 1 N–H and O–H groups in total. The third-order valence-electron chi connectivity index (χ3n) is 4.61. The first kappa shape index (κ1) is 20.8. The average molecular weight is 418 g/mol. The second kappa shape index (κ2) is 9.05. The fourth-order valence-electron chi connectivity index (χ4n) is 3.29. The van der Waals surface area contributed by atoms with Crippen LogP contribution in [0.25, 0.3) is 11.0 Å². The summed E-state index contributed by atoms with van der Waals surface area (Å²) in [6.45, 7) is 4.96. The highest BCUT2D eigenvalue weighted by Gasteiger charge is 2.15. The predicted molar refractivity (Wildman–Crippen MR) is 113 cm³/mol. The maximum Gasteiger partial charge on any atom is 0.329 e. The van der Waals surface area contributed by atoms with Gasteiger partial charge in [-0.2, -0.15) is 0 Å². The largest absolute Gasteiger partial charge is 0.493 e. The Labute approximate surface area is 173 Å². The number of rotatable bonds is 8. The molecule has 7 nitrogen and oxygen atoms in total. The van der Waals surface area contributed by atoms with Gasteiger partial charge in [0.2, 0.25) is 5.91 Å². The maximum atomic E-state index is 12.7. The molecule has 2 aromatic carbocycles. The monoisotopic (exact) mass is 417 g/mol. The number of carbonyl (C=O) groups is 1. The van der Waals surface area contributed by atoms with E-state index in [9.17, 15) is 9.59 Å². The van der Waals surface area contributed by atoms with Gasteiger partial charge in [-0.1, -0.05) is 23.7 Å². The van der Waals surface area contributed by atoms with Crippen molar-refractivity contribution >= 4 is 28.5 Å². The molecule has 0 aliphatic rings. The van der Waals surface area contributed by atoms with E-state index in [0.29, 0.717) is 29.7 Å². The Morgan fingerprint density at radius 2 is 1.83 bits per heavy atom. The van der Waals surface area contributed by atoms with Crippen LogP contribution in [0.1, 0.15) is 19.4 Å². The Kier molecular flexibility index (Phi) is 6.49. The molecule has 0 spiro atoms. The molecule has 8 heteroatoms. The average Bonchev–Trinajstić information content (AvgIpc) is 2.99. The van der Waals surface area contributed by atoms with Gasteiger partial charge in [0.05, 0.1) is 29.8 Å². The van der Waals surface area contributed by atoms with E-state index in [0.717, 1.165) is 16.6 Å². The molecule has 29 heavy (non-hydrogen) atoms. The summed E-state index contributed by atoms with van der Waals surface area (Å²) in [5.41, 5.74) is 2.12. The van der Waals surface area contributed by atoms with Crippen molar-refractivity contribution < 1.29 is 14.3 Å². The molecule has 3 rings (SSSR count). The lowest BCUT2D eigenvalue weighted by atomic mass is 10.2. The standard InChI is InChI=1S/C21H24ClN3O4/c1-4-24-16-8-6-7-9-17(16)25(21(24)27)13-19(26)23-12-14-10-15(22)20(29-5-2)18(11-14)28-3/h6-11H,4-5,12-13H2,1-3H3,(H,23,26). The molecule has 0 saturated heterocycles. The Hall–Kier alpha value is -2.93. The van der Waals surface area contributed by atoms with E-state index < -0.39 is 0 Å². The summed E-state index contributed by atoms with van der Waals surface area (Å²) in [6, 6.07) is 10.9. The minimum Gasteiger partial charge on any atom is -0.493 e. The topological polar surface area (TPSA) is 74.5 Å². The van der Waals surface area contributed by atoms with Crippen LogP contribution in [-0.4, -0.2) is 28.8 Å². The number of aryl methyl sites for hydroxylation is 1. The highest BCUT2D eigenvalue weighted by Crippen LogP contribution is 2.36. The van der Waals surface area contributed by atoms with E-state index in [2.05, 4.69) is 5.32 Å². The van der Waals surface area contributed by atoms with Gasteiger partial charge in [0.25, 0.3) is 0 Å². The number of carbonyl (C=O) groups excluding carboxylic acids is 1. The van der Waals surface area contributed by atoms with Crippen LogP contribution in [0.3, 0.4) is 0 Å². The van der Waals surface area contributed by atoms with E-state index in [1.807, 2.05) is 38.1 Å². The van der Waals surface area contributed by atoms with E-state index in [1.54, 1.807) is 16.7 Å². The molecule has 0 unspecified atom stereocenters. The minimum atomic E-state index is -0.268. The number of para-hydroxylation sites is 2. The predicted octanol–water partition coefficient (Wildman–Crippen LogP) is 3.20. The Bertz CT molecular complexity index is 1090. The molecule has 0 aliphatic heterocycles. The number of methoxy groups -OCH3 is 1. The zero-order valence-corrected chi connectivity index (χ0v) is 17.5. The van der Waals surface area contributed by atoms with Gasteiger partial charge >= 0.3 is 5.69 Å². The van der Waals surface area contributed by atoms with Gasteiger partial charge in [-0.15, -0.1) is 0 Å². The molecule has 0 saturated carbocycles. The first-order chi connectivity index (χ1) is 14.0. The van der Waals surface area contributed by atoms with Gasteiger partial charge in [0.1, 0.15) is 6.54 Å². The Balaban J connectivity index is 1.76. The van der Waals surface area contributed by atoms with E-state index in [1.165, 1.54) is 11.7 Å². The number of halogens is 1. The van der Waals surface area contributed by atoms with Crippen LogP contribution >= 0.6 is 11.6 Å². The lowest BCUT2D eigenvalue weighted by Gasteiger charge is -2.13. The number of amides is 1. The molecule has 0 fully saturated rings. The van der Waals surface area contributed by atoms with Crippen LogP contribution in [0.15, 0.2) is 41.2 Å². The number of ether oxygens (including phenoxy) is 2. The number of nitrogens with one attached hydrogen (secondary N) is 1. The maximum absolute atomic E-state index is 12.7. The van der Waals surface area contributed by atoms with Gasteiger partial charge in [-0.3, -0.25) is 13.9 Å². The number of fused-ring (bicyclic) bond motifs is 1. The zero-order chi connectivity index (χ0) is 21.0. The van der Waals surface area contributed by atoms with Gasteiger partial charge < -0.3 is 14.8 Å². The second-order valence-corrected chi connectivity index (χ2v) is 6.83. The molecule has 154 valence electrons. The third-order valence-corrected chi connectivity index (χ3v) is 4.89. The summed E-state index contributed by atoms with van der Waals surface area (Å²) in [5, 5.41) is 3.25. The lowest BCUT2D eigenvalue weighted by molar-refractivity contribution is -0.121. The van der Waals surface area contributed by atoms with Crippen LogP contribution in [0.2, 0.25) is 5.02 Å². The molecular weight excluding hydrogens is 394 g/mol. The number of hydrogen-bond donors (Lipinski definition) is 1. The number of benzene rings is 2. The van der Waals surface area contributed by atoms with Crippen molar-refractivity contribution in [3.05, 3.63) is 57.5 Å². The molecule has 3 aromatic rings. The summed E-state index contributed by atoms with van der Waals surface area (Å²) in [4.78, 5) is 25.2. The molecule has 1 aromatic heterocycles. The second-order valence-electron chi connectivity index (χ2n) is 6.42. The van der Waals surface area contributed by atoms with Crippen LogP contribution in [0.5, 0.6) is 11.5 Å². The van der Waals surface area contributed by atoms with Gasteiger partial charge in [0.15, 0.2) is 11.5 Å². The first-order valence-corrected chi connectivity index (χ1v) is 9.81. The summed E-state index contributed by atoms with van der Waals surface area (Å²) in [6.07, 6.45) is 0. The molecule has 1 amide bonds. The van der Waals surface area contributed by atoms with Crippen LogP contribution in [0.4, 0.5) is 0 Å². The fraction of sp³-hybridized carbons (Fsp3) is 0.333. The van der Waals surface area contributed by atoms with E-state index >= 15 is 0 Å². The number of imidazole rings is 1. The van der Waals surface area contributed by atoms with Gasteiger partial charge in [0, 0.05) is 13.1 Å². The zero-order valence-electron chi connectivity index (χ0n) is 16.7. The quantitative estimate of drug-likeness (QED) is 0.610. The summed E-state index contributed by atoms with van der Waals surface area (Å²) < 4.78 is 14.0. The Morgan fingerprint density at radius 3 is 2.45 bits per heavy atom. The van der Waals surface area contributed by atoms with Crippen LogP contribution < -0.4 is 20.5 Å². The highest BCUT2D eigenvalue weighted by molar-refractivity contribution is 6.32. The molecule has 0 atom stereocenters. The molecule has 0 aliphatic carbocycles. The number of hydrogen-bond acceptors (Lipinski definition) is 4. The van der Waals surface area contributed by atoms with Crippen molar-refractivity contribution in [2.24, 2.45) is 0 Å². The van der Waals surface area contributed by atoms with Crippen molar-refractivity contribution in [1.82, 2.24) is 14.5 Å². The van der Waals surface area contributed by atoms with Crippen molar-refractivity contribution in [3.63, 3.8) is 0 Å². The van der Waals surface area contributed by atoms with Crippen molar-refractivity contribution in [1.29, 1.82) is 0 Å². The number of nitrogens with zero attached hydrogens (tertiary/aromatic N) is 2. The summed E-state index contributed by atoms with van der Waals surface area (Å²) >= 11 is 6.28. The number of aromatic nitrogens is 2. The lowest BCUT2D eigenvalue weighted by Crippen LogP contribution is -2.32. The molecule has 1 heterocycles. The molecule has 0 bridgehead atoms. The SMILES string of the molecule is CCOc1c(Cl)cc(CNC(=O)Cn2c(=O)n(CC)c3ccccc32)cc1OC. The van der Waals surface area contributed by atoms with Gasteiger partial charge in [-0.05, 0) is 43.7 Å². The molecular formula is C21H24ClN3O4. The summed E-state index contributed by atoms with van der Waals surface area (Å²) in [5.74, 6) is 0.714. The van der Waals surface area contributed by atoms with Crippen molar-refractivity contribution in [2.75, 3.05) is 13.7 Å². The van der Waals surface area contributed by atoms with Crippen molar-refractivity contribution in [2.45, 2.75) is 33.5 Å². The third kappa shape index (κ3) is 4.24. The van der Waals surface area contributed by atoms with Gasteiger partial charge in [-0.25, -0.2) is 4.79 Å². The van der Waals surface area contributed by atoms with Crippen LogP contribution in [0, 0.1) is 0 Å². The normalized spacial score (nSPS) is 10.9. The van der Waals surface area contributed by atoms with Crippen molar-refractivity contribution in [3.8, 4) is 11.5 Å². The first-order valence-electron chi connectivity index (χ1n) is 9.44. The minimum absolute atomic E-state index is 0.0613. The smallest absolute Gasteiger partial charge is 0.329 e. The van der Waals surface area contributed by atoms with E-state index in [4.69, 9.17) is 21.1 Å². The highest BCUT2D eigenvalue weighted by atomic mass is 35.5. The molecule has 0 radical (unpaired) electrons. The van der Waals surface area contributed by atoms with E-state index in [-0.39, 0.29) is 24.7 Å². The summed E-state index contributed by atoms with van der Waals surface area (Å²) in [7, 11) is 1.53. The Morgan fingerprint density at radius 1 is 1.14 bits per heavy atom. The fourth-order valence-corrected chi connectivity index (χ4v) is 3.58. The van der Waals surface area contributed by atoms with Crippen LogP contribution in [-0.2, 0) is 24.4 Å².